The van der Waals surface area contributed by atoms with Gasteiger partial charge >= 0.3 is 0 Å². The van der Waals surface area contributed by atoms with Gasteiger partial charge in [0.1, 0.15) is 53.1 Å². The lowest BCUT2D eigenvalue weighted by molar-refractivity contribution is -0.277. The molecular formula is C22H22O11. The van der Waals surface area contributed by atoms with Crippen molar-refractivity contribution in [3.63, 3.8) is 0 Å². The van der Waals surface area contributed by atoms with Gasteiger partial charge in [0.2, 0.25) is 11.7 Å². The van der Waals surface area contributed by atoms with Crippen molar-refractivity contribution >= 4 is 11.0 Å². The van der Waals surface area contributed by atoms with E-state index in [9.17, 15) is 30.3 Å². The first kappa shape index (κ1) is 23.0. The highest BCUT2D eigenvalue weighted by Crippen LogP contribution is 2.32. The van der Waals surface area contributed by atoms with Crippen molar-refractivity contribution in [2.24, 2.45) is 0 Å². The Morgan fingerprint density at radius 2 is 1.73 bits per heavy atom. The summed E-state index contributed by atoms with van der Waals surface area (Å²) in [5, 5.41) is 49.6. The first-order chi connectivity index (χ1) is 15.8. The average molecular weight is 462 g/mol. The van der Waals surface area contributed by atoms with Gasteiger partial charge in [-0.05, 0) is 17.7 Å². The molecule has 11 heteroatoms. The number of phenols is 1. The van der Waals surface area contributed by atoms with Gasteiger partial charge in [-0.25, -0.2) is 0 Å². The van der Waals surface area contributed by atoms with E-state index in [-0.39, 0.29) is 22.3 Å². The highest BCUT2D eigenvalue weighted by molar-refractivity contribution is 5.88. The lowest BCUT2D eigenvalue weighted by Crippen LogP contribution is -2.60. The molecule has 5 N–H and O–H groups in total. The quantitative estimate of drug-likeness (QED) is 0.252. The summed E-state index contributed by atoms with van der Waals surface area (Å²) in [6.07, 6.45) is -6.20. The zero-order valence-electron chi connectivity index (χ0n) is 17.3. The number of hydrogen-bond donors (Lipinski definition) is 5. The van der Waals surface area contributed by atoms with Crippen LogP contribution in [0.25, 0.3) is 22.1 Å². The third kappa shape index (κ3) is 4.37. The zero-order chi connectivity index (χ0) is 23.7. The topological polar surface area (TPSA) is 168 Å². The maximum absolute atomic E-state index is 13.0. The summed E-state index contributed by atoms with van der Waals surface area (Å²) in [6.45, 7) is -0.621. The van der Waals surface area contributed by atoms with E-state index in [1.54, 1.807) is 24.3 Å². The fourth-order valence-electron chi connectivity index (χ4n) is 3.56. The molecule has 1 aliphatic heterocycles. The lowest BCUT2D eigenvalue weighted by Gasteiger charge is -2.39. The number of aromatic hydroxyl groups is 1. The highest BCUT2D eigenvalue weighted by Gasteiger charge is 2.44. The summed E-state index contributed by atoms with van der Waals surface area (Å²) in [7, 11) is 1.37. The maximum atomic E-state index is 13.0. The monoisotopic (exact) mass is 462 g/mol. The van der Waals surface area contributed by atoms with Crippen molar-refractivity contribution in [1.29, 1.82) is 0 Å². The van der Waals surface area contributed by atoms with Crippen LogP contribution in [0.5, 0.6) is 17.2 Å². The third-order valence-electron chi connectivity index (χ3n) is 5.28. The van der Waals surface area contributed by atoms with Crippen LogP contribution >= 0.6 is 0 Å². The molecule has 0 bridgehead atoms. The summed E-state index contributed by atoms with van der Waals surface area (Å²) in [5.41, 5.74) is 0.232. The van der Waals surface area contributed by atoms with E-state index in [4.69, 9.17) is 18.8 Å². The summed E-state index contributed by atoms with van der Waals surface area (Å²) in [5.74, 6) is -0.0485. The first-order valence-corrected chi connectivity index (χ1v) is 9.90. The smallest absolute Gasteiger partial charge is 0.229 e. The molecule has 3 aromatic rings. The van der Waals surface area contributed by atoms with Crippen LogP contribution in [0.1, 0.15) is 0 Å². The summed E-state index contributed by atoms with van der Waals surface area (Å²) in [4.78, 5) is 22.5. The van der Waals surface area contributed by atoms with Gasteiger partial charge in [-0.1, -0.05) is 12.1 Å². The van der Waals surface area contributed by atoms with E-state index in [2.05, 4.69) is 4.89 Å². The molecule has 0 spiro atoms. The van der Waals surface area contributed by atoms with Gasteiger partial charge in [0.15, 0.2) is 5.75 Å². The zero-order valence-corrected chi connectivity index (χ0v) is 17.3. The van der Waals surface area contributed by atoms with E-state index in [0.29, 0.717) is 11.3 Å². The fourth-order valence-corrected chi connectivity index (χ4v) is 3.56. The van der Waals surface area contributed by atoms with E-state index >= 15 is 0 Å². The minimum absolute atomic E-state index is 0.00248. The molecule has 0 aliphatic carbocycles. The Bertz CT molecular complexity index is 1170. The van der Waals surface area contributed by atoms with Gasteiger partial charge in [0.05, 0.1) is 19.3 Å². The molecule has 0 saturated carbocycles. The summed E-state index contributed by atoms with van der Waals surface area (Å²) < 4.78 is 16.3. The van der Waals surface area contributed by atoms with E-state index in [0.717, 1.165) is 6.07 Å². The van der Waals surface area contributed by atoms with E-state index in [1.165, 1.54) is 19.4 Å². The first-order valence-electron chi connectivity index (χ1n) is 9.90. The molecule has 5 atom stereocenters. The Morgan fingerprint density at radius 3 is 2.39 bits per heavy atom. The van der Waals surface area contributed by atoms with Gasteiger partial charge in [0.25, 0.3) is 0 Å². The Balaban J connectivity index is 1.64. The molecule has 3 unspecified atom stereocenters. The van der Waals surface area contributed by atoms with Crippen molar-refractivity contribution in [3.8, 4) is 28.4 Å². The third-order valence-corrected chi connectivity index (χ3v) is 5.28. The van der Waals surface area contributed by atoms with Crippen LogP contribution in [-0.2, 0) is 9.62 Å². The predicted octanol–water partition coefficient (Wildman–Crippen LogP) is 0.284. The maximum Gasteiger partial charge on any atom is 0.229 e. The minimum Gasteiger partial charge on any atom is -0.507 e. The van der Waals surface area contributed by atoms with Crippen molar-refractivity contribution in [1.82, 2.24) is 0 Å². The molecule has 0 amide bonds. The van der Waals surface area contributed by atoms with Gasteiger partial charge in [-0.3, -0.25) is 4.79 Å². The minimum atomic E-state index is -1.64. The Labute approximate surface area is 186 Å². The number of fused-ring (bicyclic) bond motifs is 1. The molecule has 1 aromatic heterocycles. The van der Waals surface area contributed by atoms with Crippen molar-refractivity contribution in [3.05, 3.63) is 52.9 Å². The molecule has 2 aromatic carbocycles. The van der Waals surface area contributed by atoms with Crippen LogP contribution < -0.4 is 15.1 Å². The van der Waals surface area contributed by atoms with Crippen LogP contribution in [0.4, 0.5) is 0 Å². The lowest BCUT2D eigenvalue weighted by atomic mass is 9.99. The van der Waals surface area contributed by atoms with Crippen LogP contribution in [0.15, 0.2) is 51.9 Å². The number of aliphatic hydroxyl groups is 4. The number of rotatable bonds is 6. The Kier molecular flexibility index (Phi) is 6.51. The van der Waals surface area contributed by atoms with Crippen LogP contribution in [0.3, 0.4) is 0 Å². The normalized spacial score (nSPS) is 25.2. The molecule has 0 radical (unpaired) electrons. The van der Waals surface area contributed by atoms with E-state index in [1.807, 2.05) is 0 Å². The highest BCUT2D eigenvalue weighted by atomic mass is 17.2. The van der Waals surface area contributed by atoms with Gasteiger partial charge in [0, 0.05) is 12.1 Å². The second-order valence-corrected chi connectivity index (χ2v) is 7.38. The number of aliphatic hydroxyl groups excluding tert-OH is 4. The molecule has 1 fully saturated rings. The second-order valence-electron chi connectivity index (χ2n) is 7.38. The van der Waals surface area contributed by atoms with Crippen molar-refractivity contribution in [2.45, 2.75) is 30.7 Å². The molecule has 11 nitrogen and oxygen atoms in total. The molecule has 33 heavy (non-hydrogen) atoms. The Morgan fingerprint density at radius 1 is 1.00 bits per heavy atom. The number of hydrogen-bond acceptors (Lipinski definition) is 11. The largest absolute Gasteiger partial charge is 0.507 e. The summed E-state index contributed by atoms with van der Waals surface area (Å²) >= 11 is 0. The second kappa shape index (κ2) is 9.35. The molecule has 176 valence electrons. The molecule has 4 rings (SSSR count). The van der Waals surface area contributed by atoms with E-state index < -0.39 is 48.5 Å². The summed E-state index contributed by atoms with van der Waals surface area (Å²) in [6, 6.07) is 8.87. The molecule has 1 aliphatic rings. The number of phenolic OH excluding ortho intramolecular Hbond substituents is 1. The van der Waals surface area contributed by atoms with Gasteiger partial charge in [-0.15, -0.1) is 0 Å². The molecular weight excluding hydrogens is 440 g/mol. The predicted molar refractivity (Wildman–Crippen MR) is 112 cm³/mol. The van der Waals surface area contributed by atoms with Crippen molar-refractivity contribution in [2.75, 3.05) is 13.7 Å². The molecule has 1 saturated heterocycles. The standard InChI is InChI=1S/C22H22O11/c1-29-33-11-4-2-10(3-5-11)13-9-30-15-7-12(6-14(24)17(15)18(13)25)31-22-21(28)20(27)19(26)16(8-23)32-22/h2-7,9,16,19-24,26-28H,8H2,1H3/t16?,19-,20?,21?,22-/m1/s1. The van der Waals surface area contributed by atoms with Gasteiger partial charge in [-0.2, -0.15) is 4.89 Å². The van der Waals surface area contributed by atoms with Crippen LogP contribution in [0, 0.1) is 0 Å². The SMILES string of the molecule is COOc1ccc(-c2coc3cc(O[C@@H]4OC(CO)[C@@H](O)C(O)C4O)cc(O)c3c2=O)cc1. The molecule has 2 heterocycles. The van der Waals surface area contributed by atoms with Crippen LogP contribution in [0.2, 0.25) is 0 Å². The number of benzene rings is 2. The van der Waals surface area contributed by atoms with Crippen LogP contribution in [-0.4, -0.2) is 70.0 Å². The Hall–Kier alpha value is -3.19. The van der Waals surface area contributed by atoms with Gasteiger partial charge < -0.3 is 44.3 Å². The van der Waals surface area contributed by atoms with Crippen molar-refractivity contribution < 1.29 is 49.2 Å². The average Bonchev–Trinajstić information content (AvgIpc) is 2.80. The fraction of sp³-hybridized carbons (Fsp3) is 0.318. The number of ether oxygens (including phenoxy) is 2.